The van der Waals surface area contributed by atoms with E-state index in [9.17, 15) is 4.79 Å². The summed E-state index contributed by atoms with van der Waals surface area (Å²) in [5.41, 5.74) is 0. The van der Waals surface area contributed by atoms with E-state index in [1.54, 1.807) is 11.8 Å². The van der Waals surface area contributed by atoms with Gasteiger partial charge in [-0.1, -0.05) is 27.7 Å². The average Bonchev–Trinajstić information content (AvgIpc) is 2.28. The molecule has 0 radical (unpaired) electrons. The van der Waals surface area contributed by atoms with Crippen LogP contribution in [0, 0.1) is 11.8 Å². The quantitative estimate of drug-likeness (QED) is 0.817. The third-order valence-corrected chi connectivity index (χ3v) is 4.82. The molecule has 0 bridgehead atoms. The Hall–Kier alpha value is 0.0700. The predicted octanol–water partition coefficient (Wildman–Crippen LogP) is 2.30. The Morgan fingerprint density at radius 2 is 2.17 bits per heavy atom. The van der Waals surface area contributed by atoms with Crippen molar-refractivity contribution in [1.82, 2.24) is 10.6 Å². The van der Waals surface area contributed by atoms with E-state index in [1.807, 2.05) is 0 Å². The third kappa shape index (κ3) is 5.37. The van der Waals surface area contributed by atoms with Crippen LogP contribution >= 0.6 is 24.2 Å². The number of halogens is 1. The van der Waals surface area contributed by atoms with Crippen molar-refractivity contribution in [2.24, 2.45) is 11.8 Å². The van der Waals surface area contributed by atoms with Crippen LogP contribution in [-0.2, 0) is 4.79 Å². The first-order valence-electron chi connectivity index (χ1n) is 6.69. The molecule has 1 aliphatic heterocycles. The first-order chi connectivity index (χ1) is 8.06. The standard InChI is InChI=1S/C13H26N2OS.ClH/c1-5-17-12(9(2)3)13(16)15-11-8-14-7-6-10(11)4;/h9-12,14H,5-8H2,1-4H3,(H,15,16);1H. The molecular weight excluding hydrogens is 268 g/mol. The van der Waals surface area contributed by atoms with E-state index in [0.29, 0.717) is 17.9 Å². The van der Waals surface area contributed by atoms with Gasteiger partial charge in [-0.3, -0.25) is 4.79 Å². The molecule has 0 saturated carbocycles. The highest BCUT2D eigenvalue weighted by Crippen LogP contribution is 2.20. The molecular formula is C13H27ClN2OS. The Bertz CT molecular complexity index is 251. The van der Waals surface area contributed by atoms with Crippen LogP contribution in [0.3, 0.4) is 0 Å². The minimum absolute atomic E-state index is 0. The molecule has 1 heterocycles. The zero-order chi connectivity index (χ0) is 12.8. The van der Waals surface area contributed by atoms with Gasteiger partial charge in [0.15, 0.2) is 0 Å². The molecule has 0 aliphatic carbocycles. The maximum Gasteiger partial charge on any atom is 0.233 e. The molecule has 3 atom stereocenters. The second-order valence-corrected chi connectivity index (χ2v) is 6.62. The van der Waals surface area contributed by atoms with Crippen LogP contribution in [0.1, 0.15) is 34.1 Å². The van der Waals surface area contributed by atoms with E-state index in [-0.39, 0.29) is 23.6 Å². The average molecular weight is 295 g/mol. The molecule has 1 saturated heterocycles. The molecule has 3 unspecified atom stereocenters. The summed E-state index contributed by atoms with van der Waals surface area (Å²) in [5.74, 6) is 2.19. The lowest BCUT2D eigenvalue weighted by atomic mass is 9.94. The minimum atomic E-state index is 0. The van der Waals surface area contributed by atoms with Gasteiger partial charge in [0.2, 0.25) is 5.91 Å². The fourth-order valence-corrected chi connectivity index (χ4v) is 3.16. The third-order valence-electron chi connectivity index (χ3n) is 3.37. The van der Waals surface area contributed by atoms with Crippen molar-refractivity contribution < 1.29 is 4.79 Å². The van der Waals surface area contributed by atoms with Gasteiger partial charge in [-0.15, -0.1) is 24.2 Å². The number of hydrogen-bond donors (Lipinski definition) is 2. The number of piperidine rings is 1. The van der Waals surface area contributed by atoms with Crippen LogP contribution in [0.25, 0.3) is 0 Å². The van der Waals surface area contributed by atoms with E-state index in [4.69, 9.17) is 0 Å². The predicted molar refractivity (Wildman–Crippen MR) is 82.6 cm³/mol. The van der Waals surface area contributed by atoms with Gasteiger partial charge >= 0.3 is 0 Å². The van der Waals surface area contributed by atoms with Crippen molar-refractivity contribution in [1.29, 1.82) is 0 Å². The largest absolute Gasteiger partial charge is 0.351 e. The summed E-state index contributed by atoms with van der Waals surface area (Å²) in [7, 11) is 0. The number of thioether (sulfide) groups is 1. The lowest BCUT2D eigenvalue weighted by Crippen LogP contribution is -2.52. The summed E-state index contributed by atoms with van der Waals surface area (Å²) in [6.07, 6.45) is 1.15. The van der Waals surface area contributed by atoms with Gasteiger partial charge in [0.05, 0.1) is 5.25 Å². The summed E-state index contributed by atoms with van der Waals surface area (Å²) < 4.78 is 0. The highest BCUT2D eigenvalue weighted by molar-refractivity contribution is 8.00. The van der Waals surface area contributed by atoms with Gasteiger partial charge in [-0.05, 0) is 30.6 Å². The zero-order valence-electron chi connectivity index (χ0n) is 11.9. The van der Waals surface area contributed by atoms with Crippen LogP contribution < -0.4 is 10.6 Å². The van der Waals surface area contributed by atoms with Crippen molar-refractivity contribution in [2.75, 3.05) is 18.8 Å². The molecule has 108 valence electrons. The molecule has 1 aliphatic rings. The van der Waals surface area contributed by atoms with E-state index in [1.165, 1.54) is 0 Å². The Morgan fingerprint density at radius 3 is 2.67 bits per heavy atom. The highest BCUT2D eigenvalue weighted by atomic mass is 35.5. The summed E-state index contributed by atoms with van der Waals surface area (Å²) in [5, 5.41) is 6.65. The molecule has 1 amide bonds. The summed E-state index contributed by atoms with van der Waals surface area (Å²) in [6.45, 7) is 10.6. The number of carbonyl (C=O) groups excluding carboxylic acids is 1. The van der Waals surface area contributed by atoms with Crippen molar-refractivity contribution in [2.45, 2.75) is 45.4 Å². The first-order valence-corrected chi connectivity index (χ1v) is 7.73. The zero-order valence-corrected chi connectivity index (χ0v) is 13.5. The first kappa shape index (κ1) is 18.1. The van der Waals surface area contributed by atoms with Crippen LogP contribution in [0.5, 0.6) is 0 Å². The Kier molecular flexibility index (Phi) is 9.09. The fourth-order valence-electron chi connectivity index (χ4n) is 2.20. The van der Waals surface area contributed by atoms with Gasteiger partial charge in [0, 0.05) is 12.6 Å². The summed E-state index contributed by atoms with van der Waals surface area (Å²) >= 11 is 1.75. The molecule has 1 fully saturated rings. The lowest BCUT2D eigenvalue weighted by molar-refractivity contribution is -0.122. The van der Waals surface area contributed by atoms with E-state index in [0.717, 1.165) is 25.3 Å². The fraction of sp³-hybridized carbons (Fsp3) is 0.923. The number of carbonyl (C=O) groups is 1. The maximum atomic E-state index is 12.2. The molecule has 3 nitrogen and oxygen atoms in total. The van der Waals surface area contributed by atoms with Crippen molar-refractivity contribution in [3.05, 3.63) is 0 Å². The number of rotatable bonds is 5. The molecule has 0 spiro atoms. The van der Waals surface area contributed by atoms with Crippen LogP contribution in [0.4, 0.5) is 0 Å². The number of amides is 1. The van der Waals surface area contributed by atoms with Gasteiger partial charge in [0.25, 0.3) is 0 Å². The van der Waals surface area contributed by atoms with Crippen LogP contribution in [0.2, 0.25) is 0 Å². The van der Waals surface area contributed by atoms with Gasteiger partial charge in [-0.25, -0.2) is 0 Å². The Morgan fingerprint density at radius 1 is 1.50 bits per heavy atom. The normalized spacial score (nSPS) is 25.4. The van der Waals surface area contributed by atoms with Crippen molar-refractivity contribution >= 4 is 30.1 Å². The van der Waals surface area contributed by atoms with Gasteiger partial charge in [0.1, 0.15) is 0 Å². The highest BCUT2D eigenvalue weighted by Gasteiger charge is 2.27. The van der Waals surface area contributed by atoms with Crippen LogP contribution in [0.15, 0.2) is 0 Å². The van der Waals surface area contributed by atoms with E-state index < -0.39 is 0 Å². The smallest absolute Gasteiger partial charge is 0.233 e. The topological polar surface area (TPSA) is 41.1 Å². The van der Waals surface area contributed by atoms with Gasteiger partial charge < -0.3 is 10.6 Å². The second kappa shape index (κ2) is 9.05. The summed E-state index contributed by atoms with van der Waals surface area (Å²) in [4.78, 5) is 12.2. The minimum Gasteiger partial charge on any atom is -0.351 e. The van der Waals surface area contributed by atoms with E-state index in [2.05, 4.69) is 38.3 Å². The second-order valence-electron chi connectivity index (χ2n) is 5.21. The molecule has 18 heavy (non-hydrogen) atoms. The molecule has 2 N–H and O–H groups in total. The maximum absolute atomic E-state index is 12.2. The van der Waals surface area contributed by atoms with Gasteiger partial charge in [-0.2, -0.15) is 0 Å². The molecule has 5 heteroatoms. The van der Waals surface area contributed by atoms with Crippen molar-refractivity contribution in [3.8, 4) is 0 Å². The van der Waals surface area contributed by atoms with E-state index >= 15 is 0 Å². The Balaban J connectivity index is 0.00000289. The molecule has 1 rings (SSSR count). The SMILES string of the molecule is CCSC(C(=O)NC1CNCCC1C)C(C)C.Cl. The molecule has 0 aromatic rings. The van der Waals surface area contributed by atoms with Crippen LogP contribution in [-0.4, -0.2) is 36.0 Å². The Labute approximate surface area is 122 Å². The molecule has 0 aromatic heterocycles. The molecule has 0 aromatic carbocycles. The summed E-state index contributed by atoms with van der Waals surface area (Å²) in [6, 6.07) is 0.301. The number of hydrogen-bond acceptors (Lipinski definition) is 3. The monoisotopic (exact) mass is 294 g/mol. The number of nitrogens with one attached hydrogen (secondary N) is 2. The lowest BCUT2D eigenvalue weighted by Gasteiger charge is -2.32. The van der Waals surface area contributed by atoms with Crippen molar-refractivity contribution in [3.63, 3.8) is 0 Å².